The molecule has 1 aliphatic rings. The van der Waals surface area contributed by atoms with E-state index in [-0.39, 0.29) is 11.8 Å². The van der Waals surface area contributed by atoms with Crippen molar-refractivity contribution in [2.45, 2.75) is 18.8 Å². The largest absolute Gasteiger partial charge is 0.361 e. The Morgan fingerprint density at radius 2 is 1.86 bits per heavy atom. The molecule has 28 heavy (non-hydrogen) atoms. The van der Waals surface area contributed by atoms with Crippen LogP contribution in [0.15, 0.2) is 65.3 Å². The zero-order valence-electron chi connectivity index (χ0n) is 15.3. The summed E-state index contributed by atoms with van der Waals surface area (Å²) in [5, 5.41) is 5.16. The molecule has 4 aromatic rings. The van der Waals surface area contributed by atoms with Crippen LogP contribution in [0, 0.1) is 0 Å². The highest BCUT2D eigenvalue weighted by Gasteiger charge is 2.28. The zero-order chi connectivity index (χ0) is 18.9. The summed E-state index contributed by atoms with van der Waals surface area (Å²) >= 11 is 0. The van der Waals surface area contributed by atoms with Crippen LogP contribution in [0.5, 0.6) is 0 Å². The third-order valence-corrected chi connectivity index (χ3v) is 5.44. The number of aromatic amines is 1. The van der Waals surface area contributed by atoms with Crippen molar-refractivity contribution in [1.29, 1.82) is 0 Å². The lowest BCUT2D eigenvalue weighted by molar-refractivity contribution is 0.0712. The molecule has 0 aliphatic carbocycles. The van der Waals surface area contributed by atoms with Gasteiger partial charge in [0.05, 0.1) is 0 Å². The van der Waals surface area contributed by atoms with E-state index in [0.29, 0.717) is 19.0 Å². The molecule has 1 saturated heterocycles. The highest BCUT2D eigenvalue weighted by Crippen LogP contribution is 2.29. The number of piperidine rings is 1. The Bertz CT molecular complexity index is 1110. The van der Waals surface area contributed by atoms with Gasteiger partial charge in [0.15, 0.2) is 5.82 Å². The van der Waals surface area contributed by atoms with Gasteiger partial charge >= 0.3 is 0 Å². The first-order chi connectivity index (χ1) is 13.8. The summed E-state index contributed by atoms with van der Waals surface area (Å²) in [7, 11) is 0. The number of aromatic nitrogens is 3. The molecule has 1 amide bonds. The maximum absolute atomic E-state index is 13.0. The molecular weight excluding hydrogens is 352 g/mol. The van der Waals surface area contributed by atoms with Gasteiger partial charge in [0, 0.05) is 47.2 Å². The minimum Gasteiger partial charge on any atom is -0.361 e. The van der Waals surface area contributed by atoms with Crippen LogP contribution in [0.25, 0.3) is 22.4 Å². The van der Waals surface area contributed by atoms with Crippen LogP contribution in [0.1, 0.15) is 34.9 Å². The average molecular weight is 372 g/mol. The molecule has 1 aliphatic heterocycles. The highest BCUT2D eigenvalue weighted by atomic mass is 16.5. The number of rotatable bonds is 3. The monoisotopic (exact) mass is 372 g/mol. The van der Waals surface area contributed by atoms with Crippen molar-refractivity contribution in [3.8, 4) is 11.5 Å². The average Bonchev–Trinajstić information content (AvgIpc) is 3.43. The molecule has 0 atom stereocenters. The summed E-state index contributed by atoms with van der Waals surface area (Å²) in [6.07, 6.45) is 3.54. The Labute approximate surface area is 162 Å². The van der Waals surface area contributed by atoms with Crippen LogP contribution in [0.3, 0.4) is 0 Å². The van der Waals surface area contributed by atoms with Gasteiger partial charge in [0.1, 0.15) is 0 Å². The fraction of sp³-hybridized carbons (Fsp3) is 0.227. The van der Waals surface area contributed by atoms with Crippen molar-refractivity contribution in [2.24, 2.45) is 0 Å². The summed E-state index contributed by atoms with van der Waals surface area (Å²) in [6.45, 7) is 1.39. The SMILES string of the molecule is O=C(c1cccc2[nH]ccc12)N1CCC(c2noc(-c3ccccc3)n2)CC1. The third kappa shape index (κ3) is 2.97. The number of hydrogen-bond acceptors (Lipinski definition) is 4. The molecular formula is C22H20N4O2. The molecule has 6 nitrogen and oxygen atoms in total. The summed E-state index contributed by atoms with van der Waals surface area (Å²) in [5.74, 6) is 1.59. The molecule has 0 saturated carbocycles. The lowest BCUT2D eigenvalue weighted by atomic mass is 9.95. The smallest absolute Gasteiger partial charge is 0.257 e. The van der Waals surface area contributed by atoms with Gasteiger partial charge in [-0.15, -0.1) is 0 Å². The molecule has 2 aromatic carbocycles. The van der Waals surface area contributed by atoms with E-state index in [0.717, 1.165) is 40.7 Å². The van der Waals surface area contributed by atoms with Crippen LogP contribution < -0.4 is 0 Å². The van der Waals surface area contributed by atoms with E-state index in [4.69, 9.17) is 4.52 Å². The second kappa shape index (κ2) is 6.96. The molecule has 1 fully saturated rings. The van der Waals surface area contributed by atoms with E-state index in [1.165, 1.54) is 0 Å². The molecule has 6 heteroatoms. The van der Waals surface area contributed by atoms with Crippen LogP contribution in [0.2, 0.25) is 0 Å². The van der Waals surface area contributed by atoms with E-state index < -0.39 is 0 Å². The van der Waals surface area contributed by atoms with Gasteiger partial charge in [-0.2, -0.15) is 4.98 Å². The lowest BCUT2D eigenvalue weighted by Gasteiger charge is -2.30. The summed E-state index contributed by atoms with van der Waals surface area (Å²) in [4.78, 5) is 22.7. The molecule has 5 rings (SSSR count). The number of benzene rings is 2. The van der Waals surface area contributed by atoms with E-state index in [2.05, 4.69) is 15.1 Å². The van der Waals surface area contributed by atoms with Gasteiger partial charge in [0.2, 0.25) is 0 Å². The Morgan fingerprint density at radius 3 is 2.68 bits per heavy atom. The number of amides is 1. The van der Waals surface area contributed by atoms with E-state index in [9.17, 15) is 4.79 Å². The summed E-state index contributed by atoms with van der Waals surface area (Å²) in [5.41, 5.74) is 2.66. The normalized spacial score (nSPS) is 15.2. The highest BCUT2D eigenvalue weighted by molar-refractivity contribution is 6.06. The van der Waals surface area contributed by atoms with Crippen molar-refractivity contribution in [3.63, 3.8) is 0 Å². The maximum Gasteiger partial charge on any atom is 0.257 e. The zero-order valence-corrected chi connectivity index (χ0v) is 15.3. The predicted molar refractivity (Wildman–Crippen MR) is 106 cm³/mol. The molecule has 0 bridgehead atoms. The standard InChI is InChI=1S/C22H20N4O2/c27-22(18-7-4-8-19-17(18)9-12-23-19)26-13-10-15(11-14-26)20-24-21(28-25-20)16-5-2-1-3-6-16/h1-9,12,15,23H,10-11,13-14H2. The van der Waals surface area contributed by atoms with Crippen molar-refractivity contribution in [3.05, 3.63) is 72.2 Å². The number of carbonyl (C=O) groups is 1. The van der Waals surface area contributed by atoms with Gasteiger partial charge in [-0.05, 0) is 43.2 Å². The molecule has 0 unspecified atom stereocenters. The fourth-order valence-corrected chi connectivity index (χ4v) is 3.88. The first kappa shape index (κ1) is 16.7. The predicted octanol–water partition coefficient (Wildman–Crippen LogP) is 4.24. The molecule has 0 spiro atoms. The summed E-state index contributed by atoms with van der Waals surface area (Å²) in [6, 6.07) is 17.5. The fourth-order valence-electron chi connectivity index (χ4n) is 3.88. The number of nitrogens with one attached hydrogen (secondary N) is 1. The molecule has 3 heterocycles. The molecule has 0 radical (unpaired) electrons. The molecule has 1 N–H and O–H groups in total. The van der Waals surface area contributed by atoms with Gasteiger partial charge in [-0.25, -0.2) is 0 Å². The summed E-state index contributed by atoms with van der Waals surface area (Å²) < 4.78 is 5.44. The van der Waals surface area contributed by atoms with Crippen LogP contribution in [-0.4, -0.2) is 39.0 Å². The van der Waals surface area contributed by atoms with E-state index in [1.807, 2.05) is 65.7 Å². The van der Waals surface area contributed by atoms with Crippen LogP contribution >= 0.6 is 0 Å². The quantitative estimate of drug-likeness (QED) is 0.584. The van der Waals surface area contributed by atoms with Crippen molar-refractivity contribution >= 4 is 16.8 Å². The second-order valence-corrected chi connectivity index (χ2v) is 7.13. The first-order valence-corrected chi connectivity index (χ1v) is 9.54. The van der Waals surface area contributed by atoms with Gasteiger partial charge in [-0.1, -0.05) is 29.4 Å². The van der Waals surface area contributed by atoms with Crippen molar-refractivity contribution in [1.82, 2.24) is 20.0 Å². The van der Waals surface area contributed by atoms with Gasteiger partial charge in [0.25, 0.3) is 11.8 Å². The molecule has 140 valence electrons. The Kier molecular flexibility index (Phi) is 4.16. The number of hydrogen-bond donors (Lipinski definition) is 1. The van der Waals surface area contributed by atoms with Gasteiger partial charge < -0.3 is 14.4 Å². The van der Waals surface area contributed by atoms with E-state index in [1.54, 1.807) is 0 Å². The number of likely N-dealkylation sites (tertiary alicyclic amines) is 1. The van der Waals surface area contributed by atoms with Gasteiger partial charge in [-0.3, -0.25) is 4.79 Å². The number of nitrogens with zero attached hydrogens (tertiary/aromatic N) is 3. The number of H-pyrrole nitrogens is 1. The van der Waals surface area contributed by atoms with E-state index >= 15 is 0 Å². The molecule has 2 aromatic heterocycles. The Hall–Kier alpha value is -3.41. The first-order valence-electron chi connectivity index (χ1n) is 9.54. The lowest BCUT2D eigenvalue weighted by Crippen LogP contribution is -2.38. The number of fused-ring (bicyclic) bond motifs is 1. The number of carbonyl (C=O) groups excluding carboxylic acids is 1. The van der Waals surface area contributed by atoms with Crippen LogP contribution in [0.4, 0.5) is 0 Å². The topological polar surface area (TPSA) is 75.0 Å². The van der Waals surface area contributed by atoms with Crippen molar-refractivity contribution < 1.29 is 9.32 Å². The van der Waals surface area contributed by atoms with Crippen molar-refractivity contribution in [2.75, 3.05) is 13.1 Å². The Balaban J connectivity index is 1.28. The Morgan fingerprint density at radius 1 is 1.04 bits per heavy atom. The third-order valence-electron chi connectivity index (χ3n) is 5.44. The van der Waals surface area contributed by atoms with Crippen LogP contribution in [-0.2, 0) is 0 Å². The maximum atomic E-state index is 13.0. The second-order valence-electron chi connectivity index (χ2n) is 7.13. The minimum atomic E-state index is 0.0849. The minimum absolute atomic E-state index is 0.0849.